The number of methoxy groups -OCH3 is 1. The van der Waals surface area contributed by atoms with Crippen molar-refractivity contribution in [1.29, 1.82) is 0 Å². The SMILES string of the molecule is COc1ccc(COCCCCCC(=O)O)cc1. The lowest BCUT2D eigenvalue weighted by Crippen LogP contribution is -1.97. The van der Waals surface area contributed by atoms with Crippen LogP contribution in [0.25, 0.3) is 0 Å². The molecule has 0 heterocycles. The Morgan fingerprint density at radius 1 is 1.17 bits per heavy atom. The fourth-order valence-corrected chi connectivity index (χ4v) is 1.57. The van der Waals surface area contributed by atoms with E-state index in [1.165, 1.54) is 0 Å². The molecule has 4 heteroatoms. The second-order valence-electron chi connectivity index (χ2n) is 4.11. The summed E-state index contributed by atoms with van der Waals surface area (Å²) in [4.78, 5) is 10.3. The minimum Gasteiger partial charge on any atom is -0.497 e. The van der Waals surface area contributed by atoms with Gasteiger partial charge in [0, 0.05) is 13.0 Å². The van der Waals surface area contributed by atoms with Crippen LogP contribution in [0.15, 0.2) is 24.3 Å². The third-order valence-electron chi connectivity index (χ3n) is 2.61. The molecule has 1 rings (SSSR count). The Balaban J connectivity index is 2.05. The lowest BCUT2D eigenvalue weighted by Gasteiger charge is -2.05. The van der Waals surface area contributed by atoms with Gasteiger partial charge < -0.3 is 14.6 Å². The van der Waals surface area contributed by atoms with E-state index < -0.39 is 5.97 Å². The smallest absolute Gasteiger partial charge is 0.303 e. The summed E-state index contributed by atoms with van der Waals surface area (Å²) in [7, 11) is 1.64. The van der Waals surface area contributed by atoms with Crippen LogP contribution in [-0.2, 0) is 16.1 Å². The maximum absolute atomic E-state index is 10.3. The lowest BCUT2D eigenvalue weighted by atomic mass is 10.2. The molecule has 1 aromatic carbocycles. The minimum absolute atomic E-state index is 0.248. The highest BCUT2D eigenvalue weighted by Gasteiger charge is 1.97. The molecular weight excluding hydrogens is 232 g/mol. The largest absolute Gasteiger partial charge is 0.497 e. The zero-order valence-corrected chi connectivity index (χ0v) is 10.7. The first-order valence-corrected chi connectivity index (χ1v) is 6.15. The van der Waals surface area contributed by atoms with Gasteiger partial charge in [0.15, 0.2) is 0 Å². The number of carbonyl (C=O) groups is 1. The first-order valence-electron chi connectivity index (χ1n) is 6.15. The number of aliphatic carboxylic acids is 1. The van der Waals surface area contributed by atoms with Gasteiger partial charge in [0.25, 0.3) is 0 Å². The van der Waals surface area contributed by atoms with E-state index in [4.69, 9.17) is 14.6 Å². The third-order valence-corrected chi connectivity index (χ3v) is 2.61. The number of ether oxygens (including phenoxy) is 2. The molecule has 0 amide bonds. The number of carboxylic acids is 1. The van der Waals surface area contributed by atoms with E-state index in [1.807, 2.05) is 24.3 Å². The van der Waals surface area contributed by atoms with Crippen LogP contribution in [0.2, 0.25) is 0 Å². The average Bonchev–Trinajstić information content (AvgIpc) is 2.38. The molecule has 0 radical (unpaired) electrons. The van der Waals surface area contributed by atoms with E-state index in [-0.39, 0.29) is 6.42 Å². The van der Waals surface area contributed by atoms with E-state index in [2.05, 4.69) is 0 Å². The first-order chi connectivity index (χ1) is 8.72. The Hall–Kier alpha value is -1.55. The van der Waals surface area contributed by atoms with E-state index in [0.29, 0.717) is 13.2 Å². The van der Waals surface area contributed by atoms with Crippen LogP contribution in [0.1, 0.15) is 31.2 Å². The zero-order valence-electron chi connectivity index (χ0n) is 10.7. The average molecular weight is 252 g/mol. The van der Waals surface area contributed by atoms with Crippen molar-refractivity contribution in [3.63, 3.8) is 0 Å². The van der Waals surface area contributed by atoms with Crippen LogP contribution in [0.5, 0.6) is 5.75 Å². The Morgan fingerprint density at radius 2 is 1.89 bits per heavy atom. The normalized spacial score (nSPS) is 10.3. The number of unbranched alkanes of at least 4 members (excludes halogenated alkanes) is 2. The molecule has 0 atom stereocenters. The highest BCUT2D eigenvalue weighted by molar-refractivity contribution is 5.66. The summed E-state index contributed by atoms with van der Waals surface area (Å²) in [6.45, 7) is 1.26. The van der Waals surface area contributed by atoms with Crippen LogP contribution < -0.4 is 4.74 Å². The van der Waals surface area contributed by atoms with Crippen molar-refractivity contribution >= 4 is 5.97 Å². The quantitative estimate of drug-likeness (QED) is 0.687. The fourth-order valence-electron chi connectivity index (χ4n) is 1.57. The number of carboxylic acid groups (broad SMARTS) is 1. The summed E-state index contributed by atoms with van der Waals surface area (Å²) in [6.07, 6.45) is 2.78. The molecule has 18 heavy (non-hydrogen) atoms. The molecule has 0 saturated heterocycles. The van der Waals surface area contributed by atoms with Gasteiger partial charge in [-0.3, -0.25) is 4.79 Å². The molecule has 0 fully saturated rings. The standard InChI is InChI=1S/C14H20O4/c1-17-13-8-6-12(7-9-13)11-18-10-4-2-3-5-14(15)16/h6-9H,2-5,10-11H2,1H3,(H,15,16). The van der Waals surface area contributed by atoms with Crippen molar-refractivity contribution in [3.05, 3.63) is 29.8 Å². The van der Waals surface area contributed by atoms with Crippen molar-refractivity contribution in [2.75, 3.05) is 13.7 Å². The zero-order chi connectivity index (χ0) is 13.2. The molecule has 0 aliphatic rings. The predicted molar refractivity (Wildman–Crippen MR) is 68.8 cm³/mol. The molecule has 0 saturated carbocycles. The number of hydrogen-bond donors (Lipinski definition) is 1. The van der Waals surface area contributed by atoms with Gasteiger partial charge in [-0.25, -0.2) is 0 Å². The van der Waals surface area contributed by atoms with Gasteiger partial charge in [-0.1, -0.05) is 18.6 Å². The van der Waals surface area contributed by atoms with Gasteiger partial charge in [0.05, 0.1) is 13.7 Å². The maximum atomic E-state index is 10.3. The molecule has 100 valence electrons. The van der Waals surface area contributed by atoms with Crippen LogP contribution in [0.4, 0.5) is 0 Å². The Labute approximate surface area is 108 Å². The second kappa shape index (κ2) is 8.53. The molecule has 0 bridgehead atoms. The molecule has 0 aliphatic carbocycles. The van der Waals surface area contributed by atoms with E-state index >= 15 is 0 Å². The summed E-state index contributed by atoms with van der Waals surface area (Å²) in [5.74, 6) is 0.113. The van der Waals surface area contributed by atoms with Gasteiger partial charge in [-0.15, -0.1) is 0 Å². The van der Waals surface area contributed by atoms with Crippen molar-refractivity contribution in [2.45, 2.75) is 32.3 Å². The summed E-state index contributed by atoms with van der Waals surface area (Å²) in [6, 6.07) is 7.77. The second-order valence-corrected chi connectivity index (χ2v) is 4.11. The molecule has 0 unspecified atom stereocenters. The van der Waals surface area contributed by atoms with E-state index in [1.54, 1.807) is 7.11 Å². The van der Waals surface area contributed by atoms with Gasteiger partial charge in [0.1, 0.15) is 5.75 Å². The molecule has 4 nitrogen and oxygen atoms in total. The monoisotopic (exact) mass is 252 g/mol. The predicted octanol–water partition coefficient (Wildman–Crippen LogP) is 2.86. The Bertz CT molecular complexity index is 345. The number of rotatable bonds is 9. The summed E-state index contributed by atoms with van der Waals surface area (Å²) in [5, 5.41) is 8.47. The van der Waals surface area contributed by atoms with E-state index in [9.17, 15) is 4.79 Å². The van der Waals surface area contributed by atoms with Gasteiger partial charge in [-0.05, 0) is 30.5 Å². The first kappa shape index (κ1) is 14.5. The Morgan fingerprint density at radius 3 is 2.50 bits per heavy atom. The Kier molecular flexibility index (Phi) is 6.87. The van der Waals surface area contributed by atoms with Crippen molar-refractivity contribution in [2.24, 2.45) is 0 Å². The molecule has 1 N–H and O–H groups in total. The molecule has 0 spiro atoms. The molecular formula is C14H20O4. The van der Waals surface area contributed by atoms with Gasteiger partial charge >= 0.3 is 5.97 Å². The van der Waals surface area contributed by atoms with Crippen LogP contribution >= 0.6 is 0 Å². The number of hydrogen-bond acceptors (Lipinski definition) is 3. The van der Waals surface area contributed by atoms with Crippen LogP contribution in [0.3, 0.4) is 0 Å². The van der Waals surface area contributed by atoms with Crippen LogP contribution in [0, 0.1) is 0 Å². The van der Waals surface area contributed by atoms with Crippen molar-refractivity contribution in [3.8, 4) is 5.75 Å². The van der Waals surface area contributed by atoms with Crippen molar-refractivity contribution in [1.82, 2.24) is 0 Å². The third kappa shape index (κ3) is 6.25. The molecule has 1 aromatic rings. The lowest BCUT2D eigenvalue weighted by molar-refractivity contribution is -0.137. The maximum Gasteiger partial charge on any atom is 0.303 e. The van der Waals surface area contributed by atoms with Gasteiger partial charge in [-0.2, -0.15) is 0 Å². The summed E-state index contributed by atoms with van der Waals surface area (Å²) < 4.78 is 10.6. The highest BCUT2D eigenvalue weighted by atomic mass is 16.5. The van der Waals surface area contributed by atoms with E-state index in [0.717, 1.165) is 30.6 Å². The minimum atomic E-state index is -0.728. The molecule has 0 aliphatic heterocycles. The number of benzene rings is 1. The summed E-state index contributed by atoms with van der Waals surface area (Å²) in [5.41, 5.74) is 1.11. The summed E-state index contributed by atoms with van der Waals surface area (Å²) >= 11 is 0. The van der Waals surface area contributed by atoms with Crippen molar-refractivity contribution < 1.29 is 19.4 Å². The highest BCUT2D eigenvalue weighted by Crippen LogP contribution is 2.12. The van der Waals surface area contributed by atoms with Gasteiger partial charge in [0.2, 0.25) is 0 Å². The molecule has 0 aromatic heterocycles. The topological polar surface area (TPSA) is 55.8 Å². The van der Waals surface area contributed by atoms with Crippen LogP contribution in [-0.4, -0.2) is 24.8 Å². The fraction of sp³-hybridized carbons (Fsp3) is 0.500.